The molecule has 6 heteroatoms. The van der Waals surface area contributed by atoms with Gasteiger partial charge in [0, 0.05) is 5.56 Å². The van der Waals surface area contributed by atoms with E-state index in [1.54, 1.807) is 18.2 Å². The number of amides is 2. The Bertz CT molecular complexity index is 589. The molecule has 0 unspecified atom stereocenters. The van der Waals surface area contributed by atoms with Crippen molar-refractivity contribution in [2.45, 2.75) is 0 Å². The highest BCUT2D eigenvalue weighted by molar-refractivity contribution is 6.23. The predicted octanol–water partition coefficient (Wildman–Crippen LogP) is 0.355. The topological polar surface area (TPSA) is 87.7 Å². The summed E-state index contributed by atoms with van der Waals surface area (Å²) in [6.07, 6.45) is 1.51. The summed E-state index contributed by atoms with van der Waals surface area (Å²) in [5.74, 6) is -0.760. The molecule has 3 rings (SSSR count). The van der Waals surface area contributed by atoms with Crippen LogP contribution in [0.3, 0.4) is 0 Å². The van der Waals surface area contributed by atoms with Crippen LogP contribution in [0, 0.1) is 0 Å². The Hall–Kier alpha value is -2.50. The van der Waals surface area contributed by atoms with E-state index in [4.69, 9.17) is 0 Å². The van der Waals surface area contributed by atoms with Crippen LogP contribution in [0.25, 0.3) is 11.3 Å². The zero-order chi connectivity index (χ0) is 11.1. The van der Waals surface area contributed by atoms with Crippen molar-refractivity contribution in [2.75, 3.05) is 0 Å². The van der Waals surface area contributed by atoms with Crippen molar-refractivity contribution in [3.63, 3.8) is 0 Å². The highest BCUT2D eigenvalue weighted by atomic mass is 16.2. The van der Waals surface area contributed by atoms with Gasteiger partial charge in [-0.2, -0.15) is 15.4 Å². The third kappa shape index (κ3) is 1.07. The zero-order valence-corrected chi connectivity index (χ0v) is 8.02. The Kier molecular flexibility index (Phi) is 1.64. The number of nitrogens with one attached hydrogen (secondary N) is 2. The van der Waals surface area contributed by atoms with Crippen molar-refractivity contribution in [3.8, 4) is 11.3 Å². The van der Waals surface area contributed by atoms with Gasteiger partial charge in [-0.05, 0) is 6.07 Å². The zero-order valence-electron chi connectivity index (χ0n) is 8.02. The SMILES string of the molecule is O=C1NC(=O)c2c1cccc2-c1cn[nH]n1. The van der Waals surface area contributed by atoms with Gasteiger partial charge in [0.2, 0.25) is 0 Å². The van der Waals surface area contributed by atoms with E-state index in [1.807, 2.05) is 0 Å². The van der Waals surface area contributed by atoms with Crippen LogP contribution in [0.2, 0.25) is 0 Å². The van der Waals surface area contributed by atoms with Crippen LogP contribution in [0.1, 0.15) is 20.7 Å². The minimum Gasteiger partial charge on any atom is -0.288 e. The molecule has 1 aliphatic heterocycles. The molecular weight excluding hydrogens is 208 g/mol. The molecule has 0 spiro atoms. The second-order valence-corrected chi connectivity index (χ2v) is 3.37. The normalized spacial score (nSPS) is 13.8. The summed E-state index contributed by atoms with van der Waals surface area (Å²) in [5.41, 5.74) is 1.89. The molecular formula is C10H6N4O2. The minimum atomic E-state index is -0.390. The van der Waals surface area contributed by atoms with Gasteiger partial charge in [0.1, 0.15) is 5.69 Å². The lowest BCUT2D eigenvalue weighted by atomic mass is 10.0. The van der Waals surface area contributed by atoms with Gasteiger partial charge in [-0.3, -0.25) is 14.9 Å². The van der Waals surface area contributed by atoms with E-state index in [1.165, 1.54) is 6.20 Å². The second kappa shape index (κ2) is 2.99. The Morgan fingerprint density at radius 2 is 1.88 bits per heavy atom. The van der Waals surface area contributed by atoms with Crippen LogP contribution < -0.4 is 5.32 Å². The lowest BCUT2D eigenvalue weighted by Gasteiger charge is -2.00. The van der Waals surface area contributed by atoms with Gasteiger partial charge in [0.15, 0.2) is 0 Å². The molecule has 1 aliphatic rings. The summed E-state index contributed by atoms with van der Waals surface area (Å²) in [6.45, 7) is 0. The molecule has 0 saturated carbocycles. The van der Waals surface area contributed by atoms with Gasteiger partial charge in [-0.1, -0.05) is 12.1 Å². The first-order valence-electron chi connectivity index (χ1n) is 4.62. The quantitative estimate of drug-likeness (QED) is 0.670. The van der Waals surface area contributed by atoms with Crippen molar-refractivity contribution in [1.82, 2.24) is 20.7 Å². The fraction of sp³-hybridized carbons (Fsp3) is 0. The van der Waals surface area contributed by atoms with Gasteiger partial charge in [-0.25, -0.2) is 0 Å². The maximum Gasteiger partial charge on any atom is 0.259 e. The third-order valence-electron chi connectivity index (χ3n) is 2.45. The van der Waals surface area contributed by atoms with E-state index in [-0.39, 0.29) is 5.91 Å². The van der Waals surface area contributed by atoms with Crippen LogP contribution in [0.4, 0.5) is 0 Å². The van der Waals surface area contributed by atoms with Crippen molar-refractivity contribution < 1.29 is 9.59 Å². The number of hydrogen-bond acceptors (Lipinski definition) is 4. The minimum absolute atomic E-state index is 0.362. The fourth-order valence-corrected chi connectivity index (χ4v) is 1.76. The average Bonchev–Trinajstić information content (AvgIpc) is 2.88. The number of aromatic amines is 1. The molecule has 2 N–H and O–H groups in total. The number of rotatable bonds is 1. The number of nitrogens with zero attached hydrogens (tertiary/aromatic N) is 2. The molecule has 2 aromatic rings. The lowest BCUT2D eigenvalue weighted by Crippen LogP contribution is -2.20. The highest BCUT2D eigenvalue weighted by Crippen LogP contribution is 2.27. The van der Waals surface area contributed by atoms with Crippen molar-refractivity contribution in [1.29, 1.82) is 0 Å². The molecule has 2 heterocycles. The molecule has 0 saturated heterocycles. The average molecular weight is 214 g/mol. The molecule has 0 radical (unpaired) electrons. The summed E-state index contributed by atoms with van der Waals surface area (Å²) in [7, 11) is 0. The van der Waals surface area contributed by atoms with Crippen LogP contribution in [0.15, 0.2) is 24.4 Å². The molecule has 1 aromatic heterocycles. The van der Waals surface area contributed by atoms with Gasteiger partial charge >= 0.3 is 0 Å². The Morgan fingerprint density at radius 3 is 2.62 bits per heavy atom. The first kappa shape index (κ1) is 8.78. The standard InChI is InChI=1S/C10H6N4O2/c15-9-6-3-1-2-5(7-4-11-14-13-7)8(6)10(16)12-9/h1-4H,(H,11,13,14)(H,12,15,16). The molecule has 0 bridgehead atoms. The van der Waals surface area contributed by atoms with E-state index in [0.717, 1.165) is 0 Å². The number of imide groups is 1. The maximum absolute atomic E-state index is 11.6. The number of benzene rings is 1. The van der Waals surface area contributed by atoms with E-state index in [0.29, 0.717) is 22.4 Å². The summed E-state index contributed by atoms with van der Waals surface area (Å²) in [5, 5.41) is 12.3. The van der Waals surface area contributed by atoms with Crippen LogP contribution in [-0.4, -0.2) is 27.2 Å². The molecule has 0 fully saturated rings. The number of H-pyrrole nitrogens is 1. The molecule has 1 aromatic carbocycles. The van der Waals surface area contributed by atoms with Crippen molar-refractivity contribution >= 4 is 11.8 Å². The summed E-state index contributed by atoms with van der Waals surface area (Å²) in [4.78, 5) is 23.0. The Balaban J connectivity index is 2.30. The van der Waals surface area contributed by atoms with Gasteiger partial charge in [-0.15, -0.1) is 0 Å². The number of carbonyl (C=O) groups excluding carboxylic acids is 2. The van der Waals surface area contributed by atoms with Crippen molar-refractivity contribution in [2.24, 2.45) is 0 Å². The molecule has 6 nitrogen and oxygen atoms in total. The first-order chi connectivity index (χ1) is 7.77. The third-order valence-corrected chi connectivity index (χ3v) is 2.45. The molecule has 78 valence electrons. The summed E-state index contributed by atoms with van der Waals surface area (Å²) >= 11 is 0. The molecule has 16 heavy (non-hydrogen) atoms. The van der Waals surface area contributed by atoms with Crippen molar-refractivity contribution in [3.05, 3.63) is 35.5 Å². The van der Waals surface area contributed by atoms with Gasteiger partial charge in [0.25, 0.3) is 11.8 Å². The Morgan fingerprint density at radius 1 is 1.06 bits per heavy atom. The summed E-state index contributed by atoms with van der Waals surface area (Å²) in [6, 6.07) is 5.05. The van der Waals surface area contributed by atoms with E-state index in [2.05, 4.69) is 20.7 Å². The molecule has 0 aliphatic carbocycles. The number of fused-ring (bicyclic) bond motifs is 1. The highest BCUT2D eigenvalue weighted by Gasteiger charge is 2.29. The van der Waals surface area contributed by atoms with E-state index >= 15 is 0 Å². The molecule has 2 amide bonds. The van der Waals surface area contributed by atoms with Crippen LogP contribution >= 0.6 is 0 Å². The van der Waals surface area contributed by atoms with E-state index < -0.39 is 5.91 Å². The monoisotopic (exact) mass is 214 g/mol. The first-order valence-corrected chi connectivity index (χ1v) is 4.62. The Labute approximate surface area is 89.7 Å². The maximum atomic E-state index is 11.6. The molecule has 0 atom stereocenters. The number of hydrogen-bond donors (Lipinski definition) is 2. The largest absolute Gasteiger partial charge is 0.288 e. The van der Waals surface area contributed by atoms with Crippen LogP contribution in [-0.2, 0) is 0 Å². The second-order valence-electron chi connectivity index (χ2n) is 3.37. The predicted molar refractivity (Wildman–Crippen MR) is 53.6 cm³/mol. The van der Waals surface area contributed by atoms with Gasteiger partial charge < -0.3 is 0 Å². The number of aromatic nitrogens is 3. The lowest BCUT2D eigenvalue weighted by molar-refractivity contribution is 0.0880. The van der Waals surface area contributed by atoms with Gasteiger partial charge in [0.05, 0.1) is 17.3 Å². The van der Waals surface area contributed by atoms with E-state index in [9.17, 15) is 9.59 Å². The fourth-order valence-electron chi connectivity index (χ4n) is 1.76. The number of carbonyl (C=O) groups is 2. The summed E-state index contributed by atoms with van der Waals surface area (Å²) < 4.78 is 0. The smallest absolute Gasteiger partial charge is 0.259 e. The van der Waals surface area contributed by atoms with Crippen LogP contribution in [0.5, 0.6) is 0 Å².